The first kappa shape index (κ1) is 24.1. The predicted octanol–water partition coefficient (Wildman–Crippen LogP) is 4.18. The Morgan fingerprint density at radius 1 is 0.838 bits per heavy atom. The second-order valence-electron chi connectivity index (χ2n) is 8.84. The molecule has 0 unspecified atom stereocenters. The SMILES string of the molecule is O=C(NCC(=O)N(c1ccc2c(c1)CCC2)[C@H](C(=O)NCc1ccco1)c1ccccc1)c1ccco1. The highest BCUT2D eigenvalue weighted by atomic mass is 16.3. The van der Waals surface area contributed by atoms with Crippen LogP contribution in [0.4, 0.5) is 5.69 Å². The standard InChI is InChI=1S/C29H27N3O5/c33-26(19-31-28(34)25-12-6-16-37-25)32(23-14-13-20-9-4-10-22(20)17-23)27(21-7-2-1-3-8-21)29(35)30-18-24-11-5-15-36-24/h1-3,5-8,11-17,27H,4,9-10,18-19H2,(H,30,35)(H,31,34)/t27-/m0/s1. The Morgan fingerprint density at radius 3 is 2.38 bits per heavy atom. The van der Waals surface area contributed by atoms with Crippen LogP contribution in [0.5, 0.6) is 0 Å². The smallest absolute Gasteiger partial charge is 0.287 e. The van der Waals surface area contributed by atoms with Gasteiger partial charge >= 0.3 is 0 Å². The van der Waals surface area contributed by atoms with E-state index in [-0.39, 0.29) is 24.8 Å². The van der Waals surface area contributed by atoms with Crippen LogP contribution in [0.2, 0.25) is 0 Å². The Kier molecular flexibility index (Phi) is 7.16. The summed E-state index contributed by atoms with van der Waals surface area (Å²) in [6.07, 6.45) is 5.90. The van der Waals surface area contributed by atoms with E-state index >= 15 is 0 Å². The van der Waals surface area contributed by atoms with E-state index in [1.54, 1.807) is 18.2 Å². The third kappa shape index (κ3) is 5.48. The molecule has 8 nitrogen and oxygen atoms in total. The van der Waals surface area contributed by atoms with Crippen LogP contribution in [0.1, 0.15) is 45.5 Å². The highest BCUT2D eigenvalue weighted by Crippen LogP contribution is 2.32. The van der Waals surface area contributed by atoms with Gasteiger partial charge in [0.2, 0.25) is 11.8 Å². The summed E-state index contributed by atoms with van der Waals surface area (Å²) in [5.41, 5.74) is 3.66. The molecule has 2 aromatic carbocycles. The fourth-order valence-electron chi connectivity index (χ4n) is 4.62. The van der Waals surface area contributed by atoms with Crippen molar-refractivity contribution in [1.82, 2.24) is 10.6 Å². The molecule has 1 aliphatic rings. The molecule has 0 saturated carbocycles. The zero-order chi connectivity index (χ0) is 25.6. The molecule has 1 atom stereocenters. The van der Waals surface area contributed by atoms with Gasteiger partial charge in [-0.1, -0.05) is 36.4 Å². The van der Waals surface area contributed by atoms with Crippen molar-refractivity contribution in [3.05, 3.63) is 114 Å². The van der Waals surface area contributed by atoms with Crippen LogP contribution >= 0.6 is 0 Å². The molecule has 0 bridgehead atoms. The number of hydrogen-bond acceptors (Lipinski definition) is 5. The third-order valence-electron chi connectivity index (χ3n) is 6.41. The van der Waals surface area contributed by atoms with Crippen LogP contribution in [0.15, 0.2) is 94.2 Å². The largest absolute Gasteiger partial charge is 0.467 e. The summed E-state index contributed by atoms with van der Waals surface area (Å²) >= 11 is 0. The van der Waals surface area contributed by atoms with E-state index in [4.69, 9.17) is 8.83 Å². The lowest BCUT2D eigenvalue weighted by Gasteiger charge is -2.32. The zero-order valence-corrected chi connectivity index (χ0v) is 20.2. The lowest BCUT2D eigenvalue weighted by Crippen LogP contribution is -2.47. The van der Waals surface area contributed by atoms with Gasteiger partial charge < -0.3 is 19.5 Å². The van der Waals surface area contributed by atoms with E-state index in [1.807, 2.05) is 48.5 Å². The second kappa shape index (κ2) is 11.0. The first-order chi connectivity index (χ1) is 18.1. The summed E-state index contributed by atoms with van der Waals surface area (Å²) in [6.45, 7) is -0.137. The van der Waals surface area contributed by atoms with Crippen LogP contribution in [0.3, 0.4) is 0 Å². The second-order valence-corrected chi connectivity index (χ2v) is 8.84. The quantitative estimate of drug-likeness (QED) is 0.361. The zero-order valence-electron chi connectivity index (χ0n) is 20.2. The van der Waals surface area contributed by atoms with Gasteiger partial charge in [0.05, 0.1) is 25.6 Å². The maximum atomic E-state index is 13.8. The van der Waals surface area contributed by atoms with E-state index < -0.39 is 17.9 Å². The minimum Gasteiger partial charge on any atom is -0.467 e. The number of nitrogens with zero attached hydrogens (tertiary/aromatic N) is 1. The van der Waals surface area contributed by atoms with Crippen molar-refractivity contribution >= 4 is 23.4 Å². The molecule has 37 heavy (non-hydrogen) atoms. The molecule has 0 aliphatic heterocycles. The van der Waals surface area contributed by atoms with E-state index in [1.165, 1.54) is 29.1 Å². The molecule has 4 aromatic rings. The summed E-state index contributed by atoms with van der Waals surface area (Å²) in [7, 11) is 0. The normalized spacial score (nSPS) is 13.0. The first-order valence-electron chi connectivity index (χ1n) is 12.2. The van der Waals surface area contributed by atoms with Crippen molar-refractivity contribution in [2.24, 2.45) is 0 Å². The maximum Gasteiger partial charge on any atom is 0.287 e. The van der Waals surface area contributed by atoms with Crippen molar-refractivity contribution in [3.8, 4) is 0 Å². The van der Waals surface area contributed by atoms with Gasteiger partial charge in [-0.3, -0.25) is 19.3 Å². The van der Waals surface area contributed by atoms with E-state index in [2.05, 4.69) is 10.6 Å². The van der Waals surface area contributed by atoms with Crippen LogP contribution in [-0.2, 0) is 29.0 Å². The number of rotatable bonds is 9. The van der Waals surface area contributed by atoms with E-state index in [0.29, 0.717) is 17.0 Å². The number of hydrogen-bond donors (Lipinski definition) is 2. The van der Waals surface area contributed by atoms with Gasteiger partial charge in [-0.25, -0.2) is 0 Å². The average Bonchev–Trinajstić information content (AvgIpc) is 3.72. The molecule has 3 amide bonds. The number of benzene rings is 2. The minimum atomic E-state index is -0.969. The summed E-state index contributed by atoms with van der Waals surface area (Å²) < 4.78 is 10.5. The van der Waals surface area contributed by atoms with Crippen LogP contribution in [-0.4, -0.2) is 24.3 Å². The lowest BCUT2D eigenvalue weighted by atomic mass is 10.0. The molecule has 1 aliphatic carbocycles. The highest BCUT2D eigenvalue weighted by molar-refractivity contribution is 6.04. The highest BCUT2D eigenvalue weighted by Gasteiger charge is 2.33. The molecule has 2 heterocycles. The summed E-state index contributed by atoms with van der Waals surface area (Å²) in [5.74, 6) is -0.603. The Balaban J connectivity index is 1.48. The number of nitrogens with one attached hydrogen (secondary N) is 2. The van der Waals surface area contributed by atoms with Gasteiger partial charge in [-0.05, 0) is 72.4 Å². The molecule has 8 heteroatoms. The Morgan fingerprint density at radius 2 is 1.62 bits per heavy atom. The Labute approximate surface area is 214 Å². The van der Waals surface area contributed by atoms with E-state index in [0.717, 1.165) is 24.8 Å². The first-order valence-corrected chi connectivity index (χ1v) is 12.2. The van der Waals surface area contributed by atoms with Crippen LogP contribution < -0.4 is 15.5 Å². The van der Waals surface area contributed by atoms with Crippen LogP contribution in [0.25, 0.3) is 0 Å². The Hall–Kier alpha value is -4.59. The Bertz CT molecular complexity index is 1360. The van der Waals surface area contributed by atoms with Crippen molar-refractivity contribution in [1.29, 1.82) is 0 Å². The average molecular weight is 498 g/mol. The number of carbonyl (C=O) groups is 3. The van der Waals surface area contributed by atoms with Crippen molar-refractivity contribution in [2.45, 2.75) is 31.8 Å². The van der Waals surface area contributed by atoms with Gasteiger partial charge in [0.15, 0.2) is 5.76 Å². The van der Waals surface area contributed by atoms with Crippen LogP contribution in [0, 0.1) is 0 Å². The van der Waals surface area contributed by atoms with Gasteiger partial charge in [-0.2, -0.15) is 0 Å². The number of furan rings is 2. The number of fused-ring (bicyclic) bond motifs is 1. The van der Waals surface area contributed by atoms with Gasteiger partial charge in [0.1, 0.15) is 11.8 Å². The molecule has 2 N–H and O–H groups in total. The third-order valence-corrected chi connectivity index (χ3v) is 6.41. The number of aryl methyl sites for hydroxylation is 2. The van der Waals surface area contributed by atoms with Gasteiger partial charge in [0, 0.05) is 5.69 Å². The molecule has 0 spiro atoms. The topological polar surface area (TPSA) is 105 Å². The van der Waals surface area contributed by atoms with Gasteiger partial charge in [0.25, 0.3) is 5.91 Å². The molecule has 0 radical (unpaired) electrons. The molecule has 0 saturated heterocycles. The van der Waals surface area contributed by atoms with Gasteiger partial charge in [-0.15, -0.1) is 0 Å². The maximum absolute atomic E-state index is 13.8. The summed E-state index contributed by atoms with van der Waals surface area (Å²) in [4.78, 5) is 41.4. The number of anilines is 1. The van der Waals surface area contributed by atoms with Crippen molar-refractivity contribution in [3.63, 3.8) is 0 Å². The predicted molar refractivity (Wildman–Crippen MR) is 137 cm³/mol. The van der Waals surface area contributed by atoms with Crippen molar-refractivity contribution in [2.75, 3.05) is 11.4 Å². The minimum absolute atomic E-state index is 0.104. The molecular formula is C29H27N3O5. The molecular weight excluding hydrogens is 470 g/mol. The van der Waals surface area contributed by atoms with Crippen molar-refractivity contribution < 1.29 is 23.2 Å². The fraction of sp³-hybridized carbons (Fsp3) is 0.207. The summed E-state index contributed by atoms with van der Waals surface area (Å²) in [6, 6.07) is 20.7. The monoisotopic (exact) mass is 497 g/mol. The summed E-state index contributed by atoms with van der Waals surface area (Å²) in [5, 5.41) is 5.52. The molecule has 0 fully saturated rings. The lowest BCUT2D eigenvalue weighted by molar-refractivity contribution is -0.126. The molecule has 188 valence electrons. The molecule has 5 rings (SSSR count). The number of amides is 3. The number of carbonyl (C=O) groups excluding carboxylic acids is 3. The fourth-order valence-corrected chi connectivity index (χ4v) is 4.62. The molecule has 2 aromatic heterocycles. The van der Waals surface area contributed by atoms with E-state index in [9.17, 15) is 14.4 Å².